The molecular formula is C12H18N6OS. The van der Waals surface area contributed by atoms with Gasteiger partial charge in [-0.1, -0.05) is 0 Å². The van der Waals surface area contributed by atoms with E-state index in [-0.39, 0.29) is 0 Å². The fraction of sp³-hybridized carbons (Fsp3) is 0.667. The van der Waals surface area contributed by atoms with Crippen LogP contribution in [0.15, 0.2) is 0 Å². The van der Waals surface area contributed by atoms with Gasteiger partial charge in [0.15, 0.2) is 5.82 Å². The van der Waals surface area contributed by atoms with Gasteiger partial charge >= 0.3 is 0 Å². The molecule has 0 unspecified atom stereocenters. The van der Waals surface area contributed by atoms with Crippen LogP contribution < -0.4 is 5.32 Å². The predicted molar refractivity (Wildman–Crippen MR) is 75.8 cm³/mol. The van der Waals surface area contributed by atoms with Crippen molar-refractivity contribution in [2.75, 3.05) is 19.0 Å². The van der Waals surface area contributed by atoms with Gasteiger partial charge in [0.05, 0.1) is 13.2 Å². The Balaban J connectivity index is 1.60. The van der Waals surface area contributed by atoms with Crippen LogP contribution in [0.3, 0.4) is 0 Å². The molecule has 1 aliphatic carbocycles. The van der Waals surface area contributed by atoms with Gasteiger partial charge in [0, 0.05) is 31.1 Å². The number of nitrogens with one attached hydrogen (secondary N) is 1. The molecule has 0 bridgehead atoms. The fourth-order valence-electron chi connectivity index (χ4n) is 2.12. The first-order valence-electron chi connectivity index (χ1n) is 6.73. The van der Waals surface area contributed by atoms with Crippen molar-refractivity contribution in [3.8, 4) is 0 Å². The van der Waals surface area contributed by atoms with Gasteiger partial charge in [0.25, 0.3) is 0 Å². The minimum atomic E-state index is 0.591. The topological polar surface area (TPSA) is 77.8 Å². The molecule has 2 heterocycles. The van der Waals surface area contributed by atoms with Crippen LogP contribution in [-0.2, 0) is 17.7 Å². The molecule has 0 spiro atoms. The van der Waals surface area contributed by atoms with Crippen molar-refractivity contribution in [2.24, 2.45) is 0 Å². The average Bonchev–Trinajstić information content (AvgIpc) is 3.06. The van der Waals surface area contributed by atoms with Crippen molar-refractivity contribution < 1.29 is 4.74 Å². The molecule has 8 heteroatoms. The van der Waals surface area contributed by atoms with Crippen LogP contribution in [0, 0.1) is 6.92 Å². The lowest BCUT2D eigenvalue weighted by molar-refractivity contribution is 0.201. The second-order valence-electron chi connectivity index (χ2n) is 4.88. The Morgan fingerprint density at radius 1 is 1.40 bits per heavy atom. The molecule has 1 N–H and O–H groups in total. The Kier molecular flexibility index (Phi) is 3.93. The number of anilines is 1. The van der Waals surface area contributed by atoms with E-state index in [1.54, 1.807) is 7.11 Å². The van der Waals surface area contributed by atoms with E-state index in [0.717, 1.165) is 29.0 Å². The molecule has 1 saturated carbocycles. The number of aryl methyl sites for hydroxylation is 1. The Morgan fingerprint density at radius 2 is 2.25 bits per heavy atom. The highest BCUT2D eigenvalue weighted by atomic mass is 32.1. The molecule has 0 aromatic carbocycles. The third-order valence-electron chi connectivity index (χ3n) is 3.24. The summed E-state index contributed by atoms with van der Waals surface area (Å²) < 4.78 is 11.5. The lowest BCUT2D eigenvalue weighted by atomic mass is 10.4. The minimum Gasteiger partial charge on any atom is -0.384 e. The summed E-state index contributed by atoms with van der Waals surface area (Å²) in [5.41, 5.74) is 0. The summed E-state index contributed by atoms with van der Waals surface area (Å²) in [7, 11) is 1.68. The second kappa shape index (κ2) is 5.84. The summed E-state index contributed by atoms with van der Waals surface area (Å²) in [6.07, 6.45) is 3.20. The summed E-state index contributed by atoms with van der Waals surface area (Å²) in [4.78, 5) is 4.42. The van der Waals surface area contributed by atoms with Crippen LogP contribution in [0.2, 0.25) is 0 Å². The number of methoxy groups -OCH3 is 1. The minimum absolute atomic E-state index is 0.591. The molecule has 20 heavy (non-hydrogen) atoms. The molecule has 0 saturated heterocycles. The molecule has 0 aliphatic heterocycles. The zero-order valence-corrected chi connectivity index (χ0v) is 12.5. The van der Waals surface area contributed by atoms with Crippen LogP contribution in [0.5, 0.6) is 0 Å². The monoisotopic (exact) mass is 294 g/mol. The standard InChI is InChI=1S/C12H18N6OS/c1-8-15-16-11(18(8)9-3-4-9)7-13-12-14-10(17-20-12)5-6-19-2/h9H,3-7H2,1-2H3,(H,13,14,17). The third-order valence-corrected chi connectivity index (χ3v) is 3.96. The van der Waals surface area contributed by atoms with Crippen molar-refractivity contribution in [3.63, 3.8) is 0 Å². The number of ether oxygens (including phenoxy) is 1. The van der Waals surface area contributed by atoms with Crippen LogP contribution in [-0.4, -0.2) is 37.8 Å². The SMILES string of the molecule is COCCc1nsc(NCc2nnc(C)n2C2CC2)n1. The van der Waals surface area contributed by atoms with Crippen LogP contribution in [0.1, 0.15) is 36.4 Å². The third kappa shape index (κ3) is 2.96. The Hall–Kier alpha value is -1.54. The van der Waals surface area contributed by atoms with E-state index >= 15 is 0 Å². The summed E-state index contributed by atoms with van der Waals surface area (Å²) in [5, 5.41) is 12.5. The van der Waals surface area contributed by atoms with Crippen molar-refractivity contribution in [2.45, 2.75) is 38.8 Å². The average molecular weight is 294 g/mol. The normalized spacial score (nSPS) is 14.7. The van der Waals surface area contributed by atoms with E-state index < -0.39 is 0 Å². The van der Waals surface area contributed by atoms with Gasteiger partial charge in [0.1, 0.15) is 11.6 Å². The first-order chi connectivity index (χ1) is 9.78. The molecule has 0 amide bonds. The van der Waals surface area contributed by atoms with Crippen molar-refractivity contribution >= 4 is 16.7 Å². The highest BCUT2D eigenvalue weighted by molar-refractivity contribution is 7.09. The lowest BCUT2D eigenvalue weighted by Gasteiger charge is -2.06. The van der Waals surface area contributed by atoms with Gasteiger partial charge in [-0.2, -0.15) is 4.37 Å². The quantitative estimate of drug-likeness (QED) is 0.835. The summed E-state index contributed by atoms with van der Waals surface area (Å²) in [5.74, 6) is 2.78. The van der Waals surface area contributed by atoms with Crippen LogP contribution in [0.25, 0.3) is 0 Å². The first kappa shape index (κ1) is 13.4. The lowest BCUT2D eigenvalue weighted by Crippen LogP contribution is -2.09. The summed E-state index contributed by atoms with van der Waals surface area (Å²) in [6, 6.07) is 0.591. The number of aromatic nitrogens is 5. The Labute approximate surface area is 121 Å². The molecule has 2 aromatic rings. The number of nitrogens with zero attached hydrogens (tertiary/aromatic N) is 5. The zero-order chi connectivity index (χ0) is 13.9. The summed E-state index contributed by atoms with van der Waals surface area (Å²) >= 11 is 1.37. The van der Waals surface area contributed by atoms with E-state index in [9.17, 15) is 0 Å². The van der Waals surface area contributed by atoms with Gasteiger partial charge in [-0.3, -0.25) is 0 Å². The van der Waals surface area contributed by atoms with Gasteiger partial charge in [0.2, 0.25) is 5.13 Å². The zero-order valence-electron chi connectivity index (χ0n) is 11.7. The Bertz CT molecular complexity index is 576. The van der Waals surface area contributed by atoms with E-state index in [1.165, 1.54) is 24.4 Å². The van der Waals surface area contributed by atoms with E-state index in [0.29, 0.717) is 19.2 Å². The maximum absolute atomic E-state index is 5.02. The smallest absolute Gasteiger partial charge is 0.202 e. The van der Waals surface area contributed by atoms with Crippen molar-refractivity contribution in [1.82, 2.24) is 24.1 Å². The molecule has 0 atom stereocenters. The maximum atomic E-state index is 5.02. The highest BCUT2D eigenvalue weighted by Crippen LogP contribution is 2.36. The Morgan fingerprint density at radius 3 is 3.00 bits per heavy atom. The highest BCUT2D eigenvalue weighted by Gasteiger charge is 2.27. The number of hydrogen-bond donors (Lipinski definition) is 1. The predicted octanol–water partition coefficient (Wildman–Crippen LogP) is 1.57. The second-order valence-corrected chi connectivity index (χ2v) is 5.63. The van der Waals surface area contributed by atoms with E-state index in [4.69, 9.17) is 4.74 Å². The van der Waals surface area contributed by atoms with E-state index in [2.05, 4.69) is 29.4 Å². The van der Waals surface area contributed by atoms with Gasteiger partial charge in [-0.15, -0.1) is 10.2 Å². The number of hydrogen-bond acceptors (Lipinski definition) is 7. The first-order valence-corrected chi connectivity index (χ1v) is 7.51. The maximum Gasteiger partial charge on any atom is 0.202 e. The molecule has 1 fully saturated rings. The van der Waals surface area contributed by atoms with Crippen molar-refractivity contribution in [3.05, 3.63) is 17.5 Å². The molecular weight excluding hydrogens is 276 g/mol. The fourth-order valence-corrected chi connectivity index (χ4v) is 2.72. The molecule has 3 rings (SSSR count). The summed E-state index contributed by atoms with van der Waals surface area (Å²) in [6.45, 7) is 3.28. The number of rotatable bonds is 7. The molecule has 1 aliphatic rings. The molecule has 108 valence electrons. The van der Waals surface area contributed by atoms with E-state index in [1.807, 2.05) is 6.92 Å². The van der Waals surface area contributed by atoms with Crippen LogP contribution >= 0.6 is 11.5 Å². The van der Waals surface area contributed by atoms with Gasteiger partial charge in [-0.25, -0.2) is 4.98 Å². The van der Waals surface area contributed by atoms with Crippen LogP contribution in [0.4, 0.5) is 5.13 Å². The van der Waals surface area contributed by atoms with Crippen molar-refractivity contribution in [1.29, 1.82) is 0 Å². The largest absolute Gasteiger partial charge is 0.384 e. The van der Waals surface area contributed by atoms with Gasteiger partial charge in [-0.05, 0) is 19.8 Å². The molecule has 7 nitrogen and oxygen atoms in total. The van der Waals surface area contributed by atoms with Gasteiger partial charge < -0.3 is 14.6 Å². The molecule has 0 radical (unpaired) electrons. The molecule has 2 aromatic heterocycles.